The van der Waals surface area contributed by atoms with E-state index in [1.807, 2.05) is 6.07 Å². The fourth-order valence-corrected chi connectivity index (χ4v) is 2.86. The molecule has 1 aliphatic rings. The molecule has 1 heterocycles. The first-order valence-corrected chi connectivity index (χ1v) is 8.98. The Balaban J connectivity index is 1.56. The van der Waals surface area contributed by atoms with Gasteiger partial charge in [-0.3, -0.25) is 4.79 Å². The van der Waals surface area contributed by atoms with Gasteiger partial charge in [0.2, 0.25) is 6.79 Å². The van der Waals surface area contributed by atoms with Crippen molar-refractivity contribution in [1.29, 1.82) is 0 Å². The van der Waals surface area contributed by atoms with Crippen LogP contribution in [-0.2, 0) is 16.1 Å². The average Bonchev–Trinajstić information content (AvgIpc) is 3.14. The zero-order valence-corrected chi connectivity index (χ0v) is 16.4. The molecule has 0 fully saturated rings. The summed E-state index contributed by atoms with van der Waals surface area (Å²) in [5.74, 6) is 0.817. The maximum absolute atomic E-state index is 12.3. The predicted octanol–water partition coefficient (Wildman–Crippen LogP) is 3.05. The molecule has 0 aromatic heterocycles. The molecule has 1 aliphatic heterocycles. The second-order valence-corrected chi connectivity index (χ2v) is 6.65. The summed E-state index contributed by atoms with van der Waals surface area (Å²) in [6, 6.07) is 10.4. The number of nitrogens with one attached hydrogen (secondary N) is 1. The van der Waals surface area contributed by atoms with Crippen LogP contribution >= 0.6 is 15.9 Å². The molecule has 0 saturated heterocycles. The molecule has 0 radical (unpaired) electrons. The summed E-state index contributed by atoms with van der Waals surface area (Å²) >= 11 is 3.29. The number of benzene rings is 2. The van der Waals surface area contributed by atoms with Gasteiger partial charge in [0.15, 0.2) is 17.6 Å². The van der Waals surface area contributed by atoms with E-state index in [1.54, 1.807) is 30.3 Å². The normalized spacial score (nSPS) is 13.0. The molecule has 8 heteroatoms. The number of methoxy groups -OCH3 is 1. The Kier molecular flexibility index (Phi) is 5.85. The van der Waals surface area contributed by atoms with Crippen molar-refractivity contribution in [3.05, 3.63) is 52.0 Å². The van der Waals surface area contributed by atoms with Crippen LogP contribution in [-0.4, -0.2) is 31.9 Å². The highest BCUT2D eigenvalue weighted by molar-refractivity contribution is 9.10. The van der Waals surface area contributed by atoms with Gasteiger partial charge in [0.1, 0.15) is 5.75 Å². The third-order valence-electron chi connectivity index (χ3n) is 3.95. The lowest BCUT2D eigenvalue weighted by atomic mass is 10.2. The first-order valence-electron chi connectivity index (χ1n) is 8.18. The van der Waals surface area contributed by atoms with Crippen LogP contribution in [0.5, 0.6) is 17.2 Å². The zero-order valence-electron chi connectivity index (χ0n) is 14.8. The van der Waals surface area contributed by atoms with E-state index in [9.17, 15) is 9.59 Å². The number of halogens is 1. The van der Waals surface area contributed by atoms with Crippen LogP contribution in [0.4, 0.5) is 0 Å². The average molecular weight is 436 g/mol. The van der Waals surface area contributed by atoms with Gasteiger partial charge in [0, 0.05) is 11.0 Å². The third kappa shape index (κ3) is 4.51. The Bertz CT molecular complexity index is 869. The number of carbonyl (C=O) groups is 2. The standard InChI is InChI=1S/C19H18BrNO6/c1-11(27-19(23)14-8-13(24-2)4-5-15(14)20)18(22)21-9-12-3-6-16-17(7-12)26-10-25-16/h3-8,11H,9-10H2,1-2H3,(H,21,22)/t11-/m1/s1. The van der Waals surface area contributed by atoms with Crippen molar-refractivity contribution in [2.45, 2.75) is 19.6 Å². The number of amides is 1. The van der Waals surface area contributed by atoms with Crippen LogP contribution in [0.15, 0.2) is 40.9 Å². The number of ether oxygens (including phenoxy) is 4. The highest BCUT2D eigenvalue weighted by Gasteiger charge is 2.21. The van der Waals surface area contributed by atoms with Gasteiger partial charge in [-0.15, -0.1) is 0 Å². The quantitative estimate of drug-likeness (QED) is 0.702. The van der Waals surface area contributed by atoms with Crippen molar-refractivity contribution in [2.75, 3.05) is 13.9 Å². The van der Waals surface area contributed by atoms with E-state index in [0.717, 1.165) is 5.56 Å². The van der Waals surface area contributed by atoms with Gasteiger partial charge in [-0.05, 0) is 58.7 Å². The summed E-state index contributed by atoms with van der Waals surface area (Å²) in [4.78, 5) is 24.6. The number of hydrogen-bond acceptors (Lipinski definition) is 6. The minimum absolute atomic E-state index is 0.192. The predicted molar refractivity (Wildman–Crippen MR) is 100.0 cm³/mol. The van der Waals surface area contributed by atoms with E-state index < -0.39 is 18.0 Å². The first-order chi connectivity index (χ1) is 13.0. The van der Waals surface area contributed by atoms with Crippen LogP contribution in [0.3, 0.4) is 0 Å². The van der Waals surface area contributed by atoms with Crippen LogP contribution in [0.1, 0.15) is 22.8 Å². The molecule has 1 atom stereocenters. The van der Waals surface area contributed by atoms with E-state index in [-0.39, 0.29) is 18.9 Å². The fraction of sp³-hybridized carbons (Fsp3) is 0.263. The topological polar surface area (TPSA) is 83.1 Å². The Hall–Kier alpha value is -2.74. The first kappa shape index (κ1) is 19.0. The van der Waals surface area contributed by atoms with E-state index in [0.29, 0.717) is 21.7 Å². The summed E-state index contributed by atoms with van der Waals surface area (Å²) < 4.78 is 21.5. The van der Waals surface area contributed by atoms with Crippen molar-refractivity contribution >= 4 is 27.8 Å². The van der Waals surface area contributed by atoms with Crippen molar-refractivity contribution in [3.63, 3.8) is 0 Å². The van der Waals surface area contributed by atoms with E-state index in [4.69, 9.17) is 18.9 Å². The van der Waals surface area contributed by atoms with Gasteiger partial charge >= 0.3 is 5.97 Å². The Morgan fingerprint density at radius 1 is 1.19 bits per heavy atom. The van der Waals surface area contributed by atoms with Gasteiger partial charge in [0.25, 0.3) is 5.91 Å². The summed E-state index contributed by atoms with van der Waals surface area (Å²) in [6.45, 7) is 1.99. The summed E-state index contributed by atoms with van der Waals surface area (Å²) in [5.41, 5.74) is 1.13. The smallest absolute Gasteiger partial charge is 0.340 e. The maximum atomic E-state index is 12.3. The molecule has 0 aliphatic carbocycles. The van der Waals surface area contributed by atoms with Crippen molar-refractivity contribution in [1.82, 2.24) is 5.32 Å². The molecule has 0 bridgehead atoms. The largest absolute Gasteiger partial charge is 0.497 e. The van der Waals surface area contributed by atoms with E-state index >= 15 is 0 Å². The highest BCUT2D eigenvalue weighted by atomic mass is 79.9. The number of fused-ring (bicyclic) bond motifs is 1. The van der Waals surface area contributed by atoms with Gasteiger partial charge in [-0.1, -0.05) is 6.07 Å². The Morgan fingerprint density at radius 3 is 2.74 bits per heavy atom. The molecule has 1 amide bonds. The minimum Gasteiger partial charge on any atom is -0.497 e. The lowest BCUT2D eigenvalue weighted by Crippen LogP contribution is -2.35. The summed E-state index contributed by atoms with van der Waals surface area (Å²) in [6.07, 6.45) is -0.954. The molecule has 0 saturated carbocycles. The maximum Gasteiger partial charge on any atom is 0.340 e. The van der Waals surface area contributed by atoms with Crippen LogP contribution in [0.25, 0.3) is 0 Å². The lowest BCUT2D eigenvalue weighted by molar-refractivity contribution is -0.129. The molecular weight excluding hydrogens is 418 g/mol. The van der Waals surface area contributed by atoms with Crippen molar-refractivity contribution in [2.24, 2.45) is 0 Å². The molecule has 2 aromatic carbocycles. The molecule has 3 rings (SSSR count). The summed E-state index contributed by atoms with van der Waals surface area (Å²) in [7, 11) is 1.50. The van der Waals surface area contributed by atoms with Crippen LogP contribution in [0.2, 0.25) is 0 Å². The number of carbonyl (C=O) groups excluding carboxylic acids is 2. The minimum atomic E-state index is -0.954. The van der Waals surface area contributed by atoms with Crippen molar-refractivity contribution < 1.29 is 28.5 Å². The zero-order chi connectivity index (χ0) is 19.4. The molecule has 142 valence electrons. The second-order valence-electron chi connectivity index (χ2n) is 5.80. The van der Waals surface area contributed by atoms with Gasteiger partial charge in [0.05, 0.1) is 12.7 Å². The van der Waals surface area contributed by atoms with E-state index in [1.165, 1.54) is 14.0 Å². The number of esters is 1. The molecule has 0 unspecified atom stereocenters. The number of rotatable bonds is 6. The van der Waals surface area contributed by atoms with Gasteiger partial charge in [-0.25, -0.2) is 4.79 Å². The molecule has 0 spiro atoms. The SMILES string of the molecule is COc1ccc(Br)c(C(=O)O[C@H](C)C(=O)NCc2ccc3c(c2)OCO3)c1. The second kappa shape index (κ2) is 8.30. The Labute approximate surface area is 164 Å². The molecule has 7 nitrogen and oxygen atoms in total. The molecule has 1 N–H and O–H groups in total. The molecular formula is C19H18BrNO6. The van der Waals surface area contributed by atoms with Crippen LogP contribution < -0.4 is 19.5 Å². The van der Waals surface area contributed by atoms with Gasteiger partial charge in [-0.2, -0.15) is 0 Å². The van der Waals surface area contributed by atoms with Gasteiger partial charge < -0.3 is 24.3 Å². The Morgan fingerprint density at radius 2 is 1.96 bits per heavy atom. The fourth-order valence-electron chi connectivity index (χ4n) is 2.45. The van der Waals surface area contributed by atoms with Crippen molar-refractivity contribution in [3.8, 4) is 17.2 Å². The molecule has 27 heavy (non-hydrogen) atoms. The molecule has 2 aromatic rings. The third-order valence-corrected chi connectivity index (χ3v) is 4.64. The highest BCUT2D eigenvalue weighted by Crippen LogP contribution is 2.32. The number of hydrogen-bond donors (Lipinski definition) is 1. The summed E-state index contributed by atoms with van der Waals surface area (Å²) in [5, 5.41) is 2.73. The monoisotopic (exact) mass is 435 g/mol. The lowest BCUT2D eigenvalue weighted by Gasteiger charge is -2.14. The van der Waals surface area contributed by atoms with Crippen LogP contribution in [0, 0.1) is 0 Å². The van der Waals surface area contributed by atoms with E-state index in [2.05, 4.69) is 21.2 Å².